The van der Waals surface area contributed by atoms with Crippen molar-refractivity contribution in [2.24, 2.45) is 0 Å². The summed E-state index contributed by atoms with van der Waals surface area (Å²) in [5, 5.41) is 6.13. The Labute approximate surface area is 41.8 Å². The highest BCUT2D eigenvalue weighted by Crippen LogP contribution is 2.08. The minimum Gasteiger partial charge on any atom is -0.378 e. The van der Waals surface area contributed by atoms with E-state index in [2.05, 4.69) is 10.7 Å². The first-order chi connectivity index (χ1) is 2.89. The molecule has 0 fully saturated rings. The zero-order chi connectivity index (χ0) is 4.41. The number of hydrogen-bond acceptors (Lipinski definition) is 2. The van der Waals surface area contributed by atoms with E-state index in [1.807, 2.05) is 6.92 Å². The smallest absolute Gasteiger partial charge is 0.0655 e. The van der Waals surface area contributed by atoms with E-state index in [-0.39, 0.29) is 0 Å². The molecule has 1 N–H and O–H groups in total. The lowest BCUT2D eigenvalue weighted by Crippen LogP contribution is -2.01. The maximum atomic E-state index is 3.09. The SMILES string of the molecule is CC1=[C]SCN1. The van der Waals surface area contributed by atoms with E-state index in [0.717, 1.165) is 5.88 Å². The monoisotopic (exact) mass is 100 g/mol. The van der Waals surface area contributed by atoms with Crippen molar-refractivity contribution in [2.75, 3.05) is 5.88 Å². The highest BCUT2D eigenvalue weighted by Gasteiger charge is 1.93. The Morgan fingerprint density at radius 2 is 2.83 bits per heavy atom. The molecule has 1 aliphatic heterocycles. The molecule has 0 spiro atoms. The fourth-order valence-corrected chi connectivity index (χ4v) is 0.974. The highest BCUT2D eigenvalue weighted by molar-refractivity contribution is 8.01. The van der Waals surface area contributed by atoms with Gasteiger partial charge in [-0.1, -0.05) is 0 Å². The van der Waals surface area contributed by atoms with Crippen molar-refractivity contribution in [1.29, 1.82) is 0 Å². The van der Waals surface area contributed by atoms with E-state index < -0.39 is 0 Å². The minimum atomic E-state index is 1.01. The number of rotatable bonds is 0. The molecule has 1 rings (SSSR count). The van der Waals surface area contributed by atoms with Crippen molar-refractivity contribution in [1.82, 2.24) is 5.32 Å². The molecule has 0 saturated heterocycles. The second-order valence-corrected chi connectivity index (χ2v) is 1.97. The number of nitrogens with one attached hydrogen (secondary N) is 1. The summed E-state index contributed by atoms with van der Waals surface area (Å²) in [7, 11) is 0. The zero-order valence-electron chi connectivity index (χ0n) is 3.62. The Morgan fingerprint density at radius 3 is 3.00 bits per heavy atom. The molecule has 6 heavy (non-hydrogen) atoms. The van der Waals surface area contributed by atoms with Crippen molar-refractivity contribution in [3.05, 3.63) is 11.1 Å². The van der Waals surface area contributed by atoms with Crippen LogP contribution in [0.5, 0.6) is 0 Å². The lowest BCUT2D eigenvalue weighted by molar-refractivity contribution is 0.980. The second kappa shape index (κ2) is 1.56. The van der Waals surface area contributed by atoms with Gasteiger partial charge in [0.1, 0.15) is 0 Å². The van der Waals surface area contributed by atoms with Crippen LogP contribution in [-0.4, -0.2) is 5.88 Å². The predicted octanol–water partition coefficient (Wildman–Crippen LogP) is 0.945. The van der Waals surface area contributed by atoms with E-state index in [1.54, 1.807) is 11.8 Å². The normalized spacial score (nSPS) is 19.8. The Balaban J connectivity index is 2.45. The van der Waals surface area contributed by atoms with Gasteiger partial charge in [0.2, 0.25) is 0 Å². The summed E-state index contributed by atoms with van der Waals surface area (Å²) < 4.78 is 0. The van der Waals surface area contributed by atoms with Gasteiger partial charge in [0.15, 0.2) is 0 Å². The lowest BCUT2D eigenvalue weighted by atomic mass is 10.6. The molecule has 1 nitrogen and oxygen atoms in total. The van der Waals surface area contributed by atoms with Crippen molar-refractivity contribution in [3.8, 4) is 0 Å². The van der Waals surface area contributed by atoms with E-state index in [9.17, 15) is 0 Å². The van der Waals surface area contributed by atoms with Gasteiger partial charge in [-0.15, -0.1) is 11.8 Å². The molecule has 0 aliphatic carbocycles. The fourth-order valence-electron chi connectivity index (χ4n) is 0.325. The molecule has 0 amide bonds. The number of hydrogen-bond donors (Lipinski definition) is 1. The van der Waals surface area contributed by atoms with Crippen LogP contribution in [0.15, 0.2) is 5.70 Å². The molecule has 1 heterocycles. The average Bonchev–Trinajstić information content (AvgIpc) is 1.86. The molecule has 33 valence electrons. The first-order valence-electron chi connectivity index (χ1n) is 1.85. The quantitative estimate of drug-likeness (QED) is 0.486. The first kappa shape index (κ1) is 4.06. The third kappa shape index (κ3) is 0.684. The predicted molar refractivity (Wildman–Crippen MR) is 28.0 cm³/mol. The van der Waals surface area contributed by atoms with Crippen LogP contribution >= 0.6 is 11.8 Å². The highest BCUT2D eigenvalue weighted by atomic mass is 32.2. The molecule has 0 aromatic heterocycles. The van der Waals surface area contributed by atoms with Crippen molar-refractivity contribution < 1.29 is 0 Å². The molecule has 0 bridgehead atoms. The van der Waals surface area contributed by atoms with Crippen molar-refractivity contribution >= 4 is 11.8 Å². The molecule has 0 aromatic carbocycles. The van der Waals surface area contributed by atoms with Gasteiger partial charge in [-0.2, -0.15) is 0 Å². The topological polar surface area (TPSA) is 12.0 Å². The van der Waals surface area contributed by atoms with Crippen LogP contribution in [0.4, 0.5) is 0 Å². The summed E-state index contributed by atoms with van der Waals surface area (Å²) in [5.74, 6) is 1.01. The third-order valence-electron chi connectivity index (χ3n) is 0.635. The molecular formula is C4H6NS. The molecule has 0 unspecified atom stereocenters. The van der Waals surface area contributed by atoms with Crippen LogP contribution in [0.2, 0.25) is 0 Å². The Bertz CT molecular complexity index is 77.6. The van der Waals surface area contributed by atoms with Gasteiger partial charge in [0, 0.05) is 11.1 Å². The molecular weight excluding hydrogens is 94.1 g/mol. The van der Waals surface area contributed by atoms with Gasteiger partial charge in [-0.25, -0.2) is 0 Å². The number of thioether (sulfide) groups is 1. The van der Waals surface area contributed by atoms with E-state index in [4.69, 9.17) is 0 Å². The standard InChI is InChI=1S/C4H6NS/c1-4-2-6-3-5-4/h5H,3H2,1H3. The Morgan fingerprint density at radius 1 is 2.00 bits per heavy atom. The largest absolute Gasteiger partial charge is 0.378 e. The molecule has 0 atom stereocenters. The van der Waals surface area contributed by atoms with Crippen molar-refractivity contribution in [2.45, 2.75) is 6.92 Å². The van der Waals surface area contributed by atoms with E-state index in [0.29, 0.717) is 0 Å². The van der Waals surface area contributed by atoms with E-state index >= 15 is 0 Å². The summed E-state index contributed by atoms with van der Waals surface area (Å²) in [6.07, 6.45) is 0. The Kier molecular flexibility index (Phi) is 1.05. The summed E-state index contributed by atoms with van der Waals surface area (Å²) in [6.45, 7) is 2.01. The molecule has 2 heteroatoms. The summed E-state index contributed by atoms with van der Waals surface area (Å²) in [4.78, 5) is 0. The van der Waals surface area contributed by atoms with Crippen LogP contribution in [0.1, 0.15) is 6.92 Å². The van der Waals surface area contributed by atoms with Crippen LogP contribution in [0.25, 0.3) is 0 Å². The molecule has 0 saturated carbocycles. The van der Waals surface area contributed by atoms with Gasteiger partial charge in [-0.3, -0.25) is 0 Å². The van der Waals surface area contributed by atoms with Crippen LogP contribution in [-0.2, 0) is 0 Å². The molecule has 1 aliphatic rings. The first-order valence-corrected chi connectivity index (χ1v) is 2.83. The van der Waals surface area contributed by atoms with E-state index in [1.165, 1.54) is 5.70 Å². The average molecular weight is 100 g/mol. The summed E-state index contributed by atoms with van der Waals surface area (Å²) in [5.41, 5.74) is 1.17. The molecule has 0 aromatic rings. The van der Waals surface area contributed by atoms with Gasteiger partial charge in [-0.05, 0) is 6.92 Å². The Hall–Kier alpha value is -0.110. The van der Waals surface area contributed by atoms with Crippen LogP contribution < -0.4 is 5.32 Å². The fraction of sp³-hybridized carbons (Fsp3) is 0.500. The third-order valence-corrected chi connectivity index (χ3v) is 1.37. The van der Waals surface area contributed by atoms with Crippen molar-refractivity contribution in [3.63, 3.8) is 0 Å². The van der Waals surface area contributed by atoms with Crippen LogP contribution in [0.3, 0.4) is 0 Å². The summed E-state index contributed by atoms with van der Waals surface area (Å²) in [6, 6.07) is 0. The maximum Gasteiger partial charge on any atom is 0.0655 e. The van der Waals surface area contributed by atoms with Crippen LogP contribution in [0, 0.1) is 5.41 Å². The lowest BCUT2D eigenvalue weighted by Gasteiger charge is -1.87. The minimum absolute atomic E-state index is 1.01. The zero-order valence-corrected chi connectivity index (χ0v) is 4.43. The maximum absolute atomic E-state index is 3.09. The van der Waals surface area contributed by atoms with Gasteiger partial charge in [0.05, 0.1) is 5.88 Å². The second-order valence-electron chi connectivity index (χ2n) is 1.19. The molecule has 1 radical (unpaired) electrons. The van der Waals surface area contributed by atoms with Gasteiger partial charge in [0.25, 0.3) is 0 Å². The summed E-state index contributed by atoms with van der Waals surface area (Å²) >= 11 is 1.68. The van der Waals surface area contributed by atoms with Gasteiger partial charge < -0.3 is 5.32 Å². The number of allylic oxidation sites excluding steroid dienone is 1. The van der Waals surface area contributed by atoms with Gasteiger partial charge >= 0.3 is 0 Å².